The smallest absolute Gasteiger partial charge is 0.242 e. The van der Waals surface area contributed by atoms with Crippen LogP contribution in [-0.4, -0.2) is 46.1 Å². The summed E-state index contributed by atoms with van der Waals surface area (Å²) < 4.78 is 0. The first-order valence-corrected chi connectivity index (χ1v) is 6.27. The highest BCUT2D eigenvalue weighted by atomic mass is 16.3. The fourth-order valence-corrected chi connectivity index (χ4v) is 2.17. The minimum atomic E-state index is -0.487. The lowest BCUT2D eigenvalue weighted by Crippen LogP contribution is -2.47. The second kappa shape index (κ2) is 5.93. The molecule has 0 radical (unpaired) electrons. The van der Waals surface area contributed by atoms with Crippen LogP contribution < -0.4 is 5.32 Å². The molecule has 1 aliphatic rings. The van der Waals surface area contributed by atoms with Gasteiger partial charge in [-0.3, -0.25) is 9.78 Å². The van der Waals surface area contributed by atoms with E-state index in [0.29, 0.717) is 6.54 Å². The number of aliphatic hydroxyl groups is 1. The van der Waals surface area contributed by atoms with Gasteiger partial charge in [0.05, 0.1) is 18.8 Å². The van der Waals surface area contributed by atoms with Crippen molar-refractivity contribution in [3.8, 4) is 0 Å². The molecule has 2 N–H and O–H groups in total. The van der Waals surface area contributed by atoms with Crippen LogP contribution in [0.1, 0.15) is 19.0 Å². The molecule has 1 amide bonds. The second-order valence-corrected chi connectivity index (χ2v) is 4.61. The zero-order chi connectivity index (χ0) is 13.0. The van der Waals surface area contributed by atoms with Gasteiger partial charge in [-0.05, 0) is 32.0 Å². The molecular formula is C13H19N3O2. The quantitative estimate of drug-likeness (QED) is 0.800. The monoisotopic (exact) mass is 249 g/mol. The summed E-state index contributed by atoms with van der Waals surface area (Å²) in [4.78, 5) is 18.3. The highest BCUT2D eigenvalue weighted by molar-refractivity contribution is 5.82. The number of nitrogens with zero attached hydrogens (tertiary/aromatic N) is 2. The van der Waals surface area contributed by atoms with E-state index < -0.39 is 6.04 Å². The molecule has 2 atom stereocenters. The molecule has 1 fully saturated rings. The Labute approximate surface area is 107 Å². The largest absolute Gasteiger partial charge is 0.394 e. The molecule has 2 heterocycles. The van der Waals surface area contributed by atoms with Crippen molar-refractivity contribution in [1.29, 1.82) is 0 Å². The number of pyridine rings is 1. The first kappa shape index (κ1) is 13.0. The van der Waals surface area contributed by atoms with Crippen LogP contribution in [0.15, 0.2) is 24.4 Å². The number of aromatic nitrogens is 1. The zero-order valence-electron chi connectivity index (χ0n) is 10.5. The summed E-state index contributed by atoms with van der Waals surface area (Å²) >= 11 is 0. The van der Waals surface area contributed by atoms with Crippen LogP contribution in [0, 0.1) is 0 Å². The number of nitrogens with one attached hydrogen (secondary N) is 1. The van der Waals surface area contributed by atoms with Gasteiger partial charge < -0.3 is 15.3 Å². The molecule has 5 heteroatoms. The van der Waals surface area contributed by atoms with Gasteiger partial charge in [-0.2, -0.15) is 0 Å². The molecule has 1 aromatic rings. The Hall–Kier alpha value is -1.46. The lowest BCUT2D eigenvalue weighted by molar-refractivity contribution is -0.136. The molecule has 0 spiro atoms. The molecular weight excluding hydrogens is 230 g/mol. The normalized spacial score (nSPS) is 25.0. The van der Waals surface area contributed by atoms with Gasteiger partial charge >= 0.3 is 0 Å². The first-order valence-electron chi connectivity index (χ1n) is 6.27. The van der Waals surface area contributed by atoms with E-state index in [2.05, 4.69) is 10.3 Å². The van der Waals surface area contributed by atoms with Crippen molar-refractivity contribution in [2.24, 2.45) is 0 Å². The van der Waals surface area contributed by atoms with Crippen molar-refractivity contribution in [3.63, 3.8) is 0 Å². The van der Waals surface area contributed by atoms with Gasteiger partial charge in [-0.15, -0.1) is 0 Å². The van der Waals surface area contributed by atoms with Crippen molar-refractivity contribution in [1.82, 2.24) is 15.2 Å². The molecule has 2 unspecified atom stereocenters. The van der Waals surface area contributed by atoms with Crippen LogP contribution in [0.5, 0.6) is 0 Å². The topological polar surface area (TPSA) is 65.5 Å². The van der Waals surface area contributed by atoms with Crippen LogP contribution in [-0.2, 0) is 11.3 Å². The number of hydrogen-bond acceptors (Lipinski definition) is 4. The summed E-state index contributed by atoms with van der Waals surface area (Å²) in [6, 6.07) is 5.35. The predicted octanol–water partition coefficient (Wildman–Crippen LogP) is 0.153. The highest BCUT2D eigenvalue weighted by Gasteiger charge is 2.30. The summed E-state index contributed by atoms with van der Waals surface area (Å²) in [5.41, 5.74) is 0.872. The Morgan fingerprint density at radius 3 is 3.06 bits per heavy atom. The van der Waals surface area contributed by atoms with E-state index in [9.17, 15) is 9.90 Å². The Morgan fingerprint density at radius 2 is 2.39 bits per heavy atom. The molecule has 0 aromatic carbocycles. The molecule has 0 saturated carbocycles. The van der Waals surface area contributed by atoms with Crippen molar-refractivity contribution in [2.45, 2.75) is 32.0 Å². The minimum absolute atomic E-state index is 0.0480. The molecule has 0 aliphatic carbocycles. The Kier molecular flexibility index (Phi) is 4.28. The average Bonchev–Trinajstić information content (AvgIpc) is 2.53. The number of rotatable bonds is 3. The van der Waals surface area contributed by atoms with Gasteiger partial charge in [0, 0.05) is 12.2 Å². The molecule has 5 nitrogen and oxygen atoms in total. The van der Waals surface area contributed by atoms with Gasteiger partial charge in [0.2, 0.25) is 5.91 Å². The fraction of sp³-hybridized carbons (Fsp3) is 0.538. The van der Waals surface area contributed by atoms with Crippen molar-refractivity contribution >= 4 is 5.91 Å². The summed E-state index contributed by atoms with van der Waals surface area (Å²) in [5, 5.41) is 12.3. The van der Waals surface area contributed by atoms with Gasteiger partial charge in [0.25, 0.3) is 0 Å². The lowest BCUT2D eigenvalue weighted by Gasteiger charge is -2.28. The SMILES string of the molecule is CC1CCNC(CO)C(=O)N1Cc1ccccn1. The molecule has 2 rings (SSSR count). The molecule has 1 aliphatic heterocycles. The molecule has 1 saturated heterocycles. The first-order chi connectivity index (χ1) is 8.72. The molecule has 0 bridgehead atoms. The van der Waals surface area contributed by atoms with Gasteiger partial charge in [0.1, 0.15) is 6.04 Å². The van der Waals surface area contributed by atoms with Crippen LogP contribution in [0.2, 0.25) is 0 Å². The van der Waals surface area contributed by atoms with Crippen molar-refractivity contribution in [3.05, 3.63) is 30.1 Å². The lowest BCUT2D eigenvalue weighted by atomic mass is 10.2. The van der Waals surface area contributed by atoms with E-state index in [1.165, 1.54) is 0 Å². The molecule has 18 heavy (non-hydrogen) atoms. The zero-order valence-corrected chi connectivity index (χ0v) is 10.5. The van der Waals surface area contributed by atoms with Crippen LogP contribution >= 0.6 is 0 Å². The number of amides is 1. The van der Waals surface area contributed by atoms with E-state index in [4.69, 9.17) is 0 Å². The fourth-order valence-electron chi connectivity index (χ4n) is 2.17. The van der Waals surface area contributed by atoms with Crippen LogP contribution in [0.4, 0.5) is 0 Å². The molecule has 1 aromatic heterocycles. The van der Waals surface area contributed by atoms with Gasteiger partial charge in [0.15, 0.2) is 0 Å². The summed E-state index contributed by atoms with van der Waals surface area (Å²) in [7, 11) is 0. The Morgan fingerprint density at radius 1 is 1.56 bits per heavy atom. The summed E-state index contributed by atoms with van der Waals surface area (Å²) in [6.07, 6.45) is 2.61. The minimum Gasteiger partial charge on any atom is -0.394 e. The van der Waals surface area contributed by atoms with E-state index >= 15 is 0 Å². The van der Waals surface area contributed by atoms with Crippen LogP contribution in [0.25, 0.3) is 0 Å². The maximum atomic E-state index is 12.3. The third-order valence-electron chi connectivity index (χ3n) is 3.31. The molecule has 98 valence electrons. The standard InChI is InChI=1S/C13H19N3O2/c1-10-5-7-15-12(9-17)13(18)16(10)8-11-4-2-3-6-14-11/h2-4,6,10,12,15,17H,5,7-9H2,1H3. The third kappa shape index (κ3) is 2.86. The van der Waals surface area contributed by atoms with E-state index in [1.54, 1.807) is 11.1 Å². The number of carbonyl (C=O) groups excluding carboxylic acids is 1. The maximum absolute atomic E-state index is 12.3. The van der Waals surface area contributed by atoms with E-state index in [0.717, 1.165) is 18.7 Å². The third-order valence-corrected chi connectivity index (χ3v) is 3.31. The second-order valence-electron chi connectivity index (χ2n) is 4.61. The number of hydrogen-bond donors (Lipinski definition) is 2. The maximum Gasteiger partial charge on any atom is 0.242 e. The van der Waals surface area contributed by atoms with Gasteiger partial charge in [-0.1, -0.05) is 6.07 Å². The van der Waals surface area contributed by atoms with Gasteiger partial charge in [-0.25, -0.2) is 0 Å². The van der Waals surface area contributed by atoms with Crippen molar-refractivity contribution < 1.29 is 9.90 Å². The predicted molar refractivity (Wildman–Crippen MR) is 67.7 cm³/mol. The number of carbonyl (C=O) groups is 1. The summed E-state index contributed by atoms with van der Waals surface area (Å²) in [5.74, 6) is -0.0480. The van der Waals surface area contributed by atoms with Crippen molar-refractivity contribution in [2.75, 3.05) is 13.2 Å². The van der Waals surface area contributed by atoms with E-state index in [-0.39, 0.29) is 18.6 Å². The summed E-state index contributed by atoms with van der Waals surface area (Å²) in [6.45, 7) is 3.11. The average molecular weight is 249 g/mol. The highest BCUT2D eigenvalue weighted by Crippen LogP contribution is 2.13. The Bertz CT molecular complexity index is 396. The number of aliphatic hydroxyl groups excluding tert-OH is 1. The van der Waals surface area contributed by atoms with Crippen LogP contribution in [0.3, 0.4) is 0 Å². The van der Waals surface area contributed by atoms with E-state index in [1.807, 2.05) is 25.1 Å². The Balaban J connectivity index is 2.14.